The molecule has 0 heterocycles. The second-order valence-electron chi connectivity index (χ2n) is 6.33. The van der Waals surface area contributed by atoms with E-state index in [2.05, 4.69) is 12.2 Å². The van der Waals surface area contributed by atoms with E-state index in [0.29, 0.717) is 18.0 Å². The van der Waals surface area contributed by atoms with Gasteiger partial charge in [-0.25, -0.2) is 0 Å². The second kappa shape index (κ2) is 11.5. The molecule has 0 atom stereocenters. The number of amides is 1. The van der Waals surface area contributed by atoms with E-state index in [1.165, 1.54) is 19.3 Å². The molecule has 1 N–H and O–H groups in total. The summed E-state index contributed by atoms with van der Waals surface area (Å²) in [6.07, 6.45) is 6.20. The second-order valence-corrected chi connectivity index (χ2v) is 6.33. The van der Waals surface area contributed by atoms with Crippen LogP contribution in [0.4, 0.5) is 5.69 Å². The van der Waals surface area contributed by atoms with Crippen LogP contribution < -0.4 is 14.8 Å². The first-order valence-corrected chi connectivity index (χ1v) is 9.46. The molecule has 0 bridgehead atoms. The molecule has 0 radical (unpaired) electrons. The van der Waals surface area contributed by atoms with Crippen molar-refractivity contribution in [3.8, 4) is 17.6 Å². The maximum absolute atomic E-state index is 12.3. The van der Waals surface area contributed by atoms with Gasteiger partial charge in [-0.15, -0.1) is 0 Å². The molecule has 2 aromatic carbocycles. The monoisotopic (exact) mass is 378 g/mol. The Hall–Kier alpha value is -3.26. The number of carbonyl (C=O) groups is 1. The van der Waals surface area contributed by atoms with E-state index in [-0.39, 0.29) is 5.57 Å². The zero-order chi connectivity index (χ0) is 20.2. The smallest absolute Gasteiger partial charge is 0.266 e. The lowest BCUT2D eigenvalue weighted by Gasteiger charge is -2.07. The minimum Gasteiger partial charge on any atom is -0.497 e. The van der Waals surface area contributed by atoms with Gasteiger partial charge in [0.25, 0.3) is 5.91 Å². The third kappa shape index (κ3) is 6.81. The molecule has 146 valence electrons. The Morgan fingerprint density at radius 3 is 2.32 bits per heavy atom. The van der Waals surface area contributed by atoms with E-state index in [1.54, 1.807) is 37.5 Å². The Morgan fingerprint density at radius 1 is 1.04 bits per heavy atom. The fraction of sp³-hybridized carbons (Fsp3) is 0.304. The third-order valence-electron chi connectivity index (χ3n) is 4.17. The van der Waals surface area contributed by atoms with E-state index in [4.69, 9.17) is 9.47 Å². The predicted molar refractivity (Wildman–Crippen MR) is 111 cm³/mol. The van der Waals surface area contributed by atoms with Gasteiger partial charge in [0.05, 0.1) is 13.7 Å². The van der Waals surface area contributed by atoms with Gasteiger partial charge in [0, 0.05) is 5.69 Å². The zero-order valence-electron chi connectivity index (χ0n) is 16.4. The maximum Gasteiger partial charge on any atom is 0.266 e. The number of nitrogens with zero attached hydrogens (tertiary/aromatic N) is 1. The number of nitrogens with one attached hydrogen (secondary N) is 1. The normalized spacial score (nSPS) is 10.8. The molecular weight excluding hydrogens is 352 g/mol. The molecule has 0 aliphatic rings. The van der Waals surface area contributed by atoms with Gasteiger partial charge < -0.3 is 14.8 Å². The van der Waals surface area contributed by atoms with Crippen LogP contribution in [0.25, 0.3) is 6.08 Å². The van der Waals surface area contributed by atoms with Crippen molar-refractivity contribution in [2.45, 2.75) is 32.6 Å². The molecule has 0 aromatic heterocycles. The molecule has 2 rings (SSSR count). The highest BCUT2D eigenvalue weighted by molar-refractivity contribution is 6.09. The first kappa shape index (κ1) is 21.0. The predicted octanol–water partition coefficient (Wildman–Crippen LogP) is 5.20. The van der Waals surface area contributed by atoms with Gasteiger partial charge in [0.15, 0.2) is 0 Å². The molecule has 0 unspecified atom stereocenters. The van der Waals surface area contributed by atoms with Gasteiger partial charge in [-0.05, 0) is 54.5 Å². The van der Waals surface area contributed by atoms with Crippen molar-refractivity contribution in [2.24, 2.45) is 0 Å². The Kier molecular flexibility index (Phi) is 8.61. The lowest BCUT2D eigenvalue weighted by molar-refractivity contribution is -0.112. The molecule has 0 aliphatic heterocycles. The van der Waals surface area contributed by atoms with Crippen molar-refractivity contribution in [3.05, 3.63) is 59.7 Å². The number of benzene rings is 2. The van der Waals surface area contributed by atoms with Gasteiger partial charge >= 0.3 is 0 Å². The summed E-state index contributed by atoms with van der Waals surface area (Å²) in [5, 5.41) is 12.0. The Morgan fingerprint density at radius 2 is 1.71 bits per heavy atom. The fourth-order valence-corrected chi connectivity index (χ4v) is 2.57. The lowest BCUT2D eigenvalue weighted by atomic mass is 10.1. The number of hydrogen-bond donors (Lipinski definition) is 1. The summed E-state index contributed by atoms with van der Waals surface area (Å²) in [4.78, 5) is 12.3. The van der Waals surface area contributed by atoms with Crippen LogP contribution >= 0.6 is 0 Å². The fourth-order valence-electron chi connectivity index (χ4n) is 2.57. The zero-order valence-corrected chi connectivity index (χ0v) is 16.4. The molecule has 1 amide bonds. The summed E-state index contributed by atoms with van der Waals surface area (Å²) in [5.74, 6) is 1.03. The molecule has 28 heavy (non-hydrogen) atoms. The first-order chi connectivity index (χ1) is 13.7. The topological polar surface area (TPSA) is 71.3 Å². The van der Waals surface area contributed by atoms with Gasteiger partial charge in [0.2, 0.25) is 0 Å². The van der Waals surface area contributed by atoms with Crippen molar-refractivity contribution < 1.29 is 14.3 Å². The maximum atomic E-state index is 12.3. The molecule has 0 aliphatic carbocycles. The van der Waals surface area contributed by atoms with Crippen molar-refractivity contribution >= 4 is 17.7 Å². The number of carbonyl (C=O) groups excluding carboxylic acids is 1. The van der Waals surface area contributed by atoms with Crippen molar-refractivity contribution in [1.82, 2.24) is 0 Å². The summed E-state index contributed by atoms with van der Waals surface area (Å²) in [6.45, 7) is 2.88. The highest BCUT2D eigenvalue weighted by Crippen LogP contribution is 2.18. The average Bonchev–Trinajstić information content (AvgIpc) is 2.73. The van der Waals surface area contributed by atoms with E-state index in [1.807, 2.05) is 30.3 Å². The molecule has 0 fully saturated rings. The number of methoxy groups -OCH3 is 1. The summed E-state index contributed by atoms with van der Waals surface area (Å²) in [6, 6.07) is 16.2. The summed E-state index contributed by atoms with van der Waals surface area (Å²) in [7, 11) is 1.58. The lowest BCUT2D eigenvalue weighted by Crippen LogP contribution is -2.13. The van der Waals surface area contributed by atoms with E-state index in [0.717, 1.165) is 17.7 Å². The van der Waals surface area contributed by atoms with Crippen LogP contribution in [0.2, 0.25) is 0 Å². The average molecular weight is 378 g/mol. The molecule has 5 nitrogen and oxygen atoms in total. The summed E-state index contributed by atoms with van der Waals surface area (Å²) in [5.41, 5.74) is 1.39. The molecular formula is C23H26N2O3. The SMILES string of the molecule is CCCCCCOc1ccc(/C=C(\C#N)C(=O)Nc2ccc(OC)cc2)cc1. The number of rotatable bonds is 10. The van der Waals surface area contributed by atoms with Gasteiger partial charge in [-0.3, -0.25) is 4.79 Å². The molecule has 0 saturated carbocycles. The van der Waals surface area contributed by atoms with Gasteiger partial charge in [-0.2, -0.15) is 5.26 Å². The number of anilines is 1. The highest BCUT2D eigenvalue weighted by atomic mass is 16.5. The number of unbranched alkanes of at least 4 members (excludes halogenated alkanes) is 3. The van der Waals surface area contributed by atoms with Gasteiger partial charge in [0.1, 0.15) is 23.1 Å². The number of ether oxygens (including phenoxy) is 2. The van der Waals surface area contributed by atoms with E-state index < -0.39 is 5.91 Å². The third-order valence-corrected chi connectivity index (χ3v) is 4.17. The standard InChI is InChI=1S/C23H26N2O3/c1-3-4-5-6-15-28-22-11-7-18(8-12-22)16-19(17-24)23(26)25-20-9-13-21(27-2)14-10-20/h7-14,16H,3-6,15H2,1-2H3,(H,25,26)/b19-16+. The highest BCUT2D eigenvalue weighted by Gasteiger charge is 2.09. The molecule has 2 aromatic rings. The minimum absolute atomic E-state index is 0.0315. The van der Waals surface area contributed by atoms with Crippen LogP contribution in [-0.4, -0.2) is 19.6 Å². The largest absolute Gasteiger partial charge is 0.497 e. The minimum atomic E-state index is -0.455. The Labute approximate surface area is 166 Å². The quantitative estimate of drug-likeness (QED) is 0.350. The van der Waals surface area contributed by atoms with Gasteiger partial charge in [-0.1, -0.05) is 38.3 Å². The number of hydrogen-bond acceptors (Lipinski definition) is 4. The van der Waals surface area contributed by atoms with Crippen molar-refractivity contribution in [2.75, 3.05) is 19.0 Å². The summed E-state index contributed by atoms with van der Waals surface area (Å²) < 4.78 is 10.8. The van der Waals surface area contributed by atoms with Crippen LogP contribution in [0.3, 0.4) is 0 Å². The first-order valence-electron chi connectivity index (χ1n) is 9.46. The van der Waals surface area contributed by atoms with Crippen LogP contribution in [0.15, 0.2) is 54.1 Å². The number of nitriles is 1. The van der Waals surface area contributed by atoms with E-state index in [9.17, 15) is 10.1 Å². The van der Waals surface area contributed by atoms with Crippen molar-refractivity contribution in [1.29, 1.82) is 5.26 Å². The van der Waals surface area contributed by atoms with Crippen LogP contribution in [0, 0.1) is 11.3 Å². The van der Waals surface area contributed by atoms with Crippen LogP contribution in [-0.2, 0) is 4.79 Å². The molecule has 0 spiro atoms. The van der Waals surface area contributed by atoms with E-state index >= 15 is 0 Å². The Balaban J connectivity index is 1.94. The van der Waals surface area contributed by atoms with Crippen molar-refractivity contribution in [3.63, 3.8) is 0 Å². The van der Waals surface area contributed by atoms with Crippen LogP contribution in [0.5, 0.6) is 11.5 Å². The summed E-state index contributed by atoms with van der Waals surface area (Å²) >= 11 is 0. The molecule has 5 heteroatoms. The van der Waals surface area contributed by atoms with Crippen LogP contribution in [0.1, 0.15) is 38.2 Å². The molecule has 0 saturated heterocycles. The Bertz CT molecular complexity index is 818.